The van der Waals surface area contributed by atoms with E-state index in [1.165, 1.54) is 0 Å². The Kier molecular flexibility index (Phi) is 5.17. The normalized spacial score (nSPS) is 22.1. The van der Waals surface area contributed by atoms with Crippen LogP contribution in [0.2, 0.25) is 0 Å². The molecular weight excluding hydrogens is 286 g/mol. The molecule has 1 fully saturated rings. The van der Waals surface area contributed by atoms with Crippen LogP contribution in [0.15, 0.2) is 24.3 Å². The summed E-state index contributed by atoms with van der Waals surface area (Å²) < 4.78 is 12.2. The van der Waals surface area contributed by atoms with Crippen molar-refractivity contribution in [2.75, 3.05) is 18.8 Å². The summed E-state index contributed by atoms with van der Waals surface area (Å²) in [6.07, 6.45) is 1.87. The van der Waals surface area contributed by atoms with E-state index in [0.717, 1.165) is 43.8 Å². The predicted molar refractivity (Wildman–Crippen MR) is 85.0 cm³/mol. The maximum absolute atomic E-state index is 12.3. The molecule has 1 aliphatic heterocycles. The summed E-state index contributed by atoms with van der Waals surface area (Å²) in [4.78, 5) is 13.2. The maximum Gasteiger partial charge on any atom is 0.335 e. The molecule has 1 aromatic rings. The predicted octanol–water partition coefficient (Wildman–Crippen LogP) is 2.51. The van der Waals surface area contributed by atoms with Gasteiger partial charge in [-0.05, 0) is 30.5 Å². The Balaban J connectivity index is 2.06. The minimum absolute atomic E-state index is 0.0841. The van der Waals surface area contributed by atoms with E-state index in [-0.39, 0.29) is 4.75 Å². The topological polar surface area (TPSA) is 57.6 Å². The van der Waals surface area contributed by atoms with Crippen molar-refractivity contribution in [3.05, 3.63) is 35.4 Å². The van der Waals surface area contributed by atoms with Crippen LogP contribution >= 0.6 is 0 Å². The van der Waals surface area contributed by atoms with Crippen molar-refractivity contribution in [1.82, 2.24) is 4.90 Å². The van der Waals surface area contributed by atoms with E-state index in [4.69, 9.17) is 5.11 Å². The average Bonchev–Trinajstić information content (AvgIpc) is 2.50. The zero-order valence-electron chi connectivity index (χ0n) is 12.7. The highest BCUT2D eigenvalue weighted by Crippen LogP contribution is 2.29. The fraction of sp³-hybridized carbons (Fsp3) is 0.562. The van der Waals surface area contributed by atoms with E-state index >= 15 is 0 Å². The first-order chi connectivity index (χ1) is 10.0. The van der Waals surface area contributed by atoms with Crippen molar-refractivity contribution in [3.63, 3.8) is 0 Å². The molecule has 0 amide bonds. The standard InChI is InChI=1S/C16H23NO3S/c1-3-16(4-2)12-17(9-10-21(16)20)11-13-5-7-14(8-6-13)15(18)19/h5-8H,3-4,9-12H2,1-2H3,(H,18,19). The first kappa shape index (κ1) is 16.2. The molecule has 0 radical (unpaired) electrons. The van der Waals surface area contributed by atoms with E-state index < -0.39 is 16.8 Å². The van der Waals surface area contributed by atoms with Crippen LogP contribution in [0.3, 0.4) is 0 Å². The van der Waals surface area contributed by atoms with Crippen molar-refractivity contribution in [2.45, 2.75) is 38.0 Å². The molecule has 2 rings (SSSR count). The molecule has 0 bridgehead atoms. The van der Waals surface area contributed by atoms with Crippen molar-refractivity contribution in [1.29, 1.82) is 0 Å². The summed E-state index contributed by atoms with van der Waals surface area (Å²) in [6.45, 7) is 6.72. The summed E-state index contributed by atoms with van der Waals surface area (Å²) in [6, 6.07) is 7.03. The number of benzene rings is 1. The van der Waals surface area contributed by atoms with Crippen molar-refractivity contribution in [3.8, 4) is 0 Å². The Morgan fingerprint density at radius 2 is 1.90 bits per heavy atom. The summed E-state index contributed by atoms with van der Waals surface area (Å²) in [5, 5.41) is 8.91. The van der Waals surface area contributed by atoms with Gasteiger partial charge in [0.05, 0.1) is 10.3 Å². The maximum atomic E-state index is 12.3. The molecule has 21 heavy (non-hydrogen) atoms. The Hall–Kier alpha value is -1.20. The van der Waals surface area contributed by atoms with Gasteiger partial charge >= 0.3 is 5.97 Å². The number of rotatable bonds is 5. The van der Waals surface area contributed by atoms with Gasteiger partial charge in [-0.25, -0.2) is 4.79 Å². The van der Waals surface area contributed by atoms with Crippen LogP contribution in [-0.2, 0) is 17.3 Å². The van der Waals surface area contributed by atoms with Gasteiger partial charge in [0.2, 0.25) is 0 Å². The lowest BCUT2D eigenvalue weighted by molar-refractivity contribution is 0.0697. The van der Waals surface area contributed by atoms with E-state index in [0.29, 0.717) is 5.56 Å². The van der Waals surface area contributed by atoms with Gasteiger partial charge in [-0.3, -0.25) is 9.11 Å². The third-order valence-corrected chi connectivity index (χ3v) is 6.71. The highest BCUT2D eigenvalue weighted by atomic mass is 32.2. The van der Waals surface area contributed by atoms with Crippen LogP contribution in [-0.4, -0.2) is 43.8 Å². The van der Waals surface area contributed by atoms with Crippen LogP contribution < -0.4 is 0 Å². The van der Waals surface area contributed by atoms with E-state index in [1.54, 1.807) is 12.1 Å². The molecule has 5 heteroatoms. The zero-order valence-corrected chi connectivity index (χ0v) is 13.5. The second kappa shape index (κ2) is 6.71. The molecule has 116 valence electrons. The number of hydrogen-bond donors (Lipinski definition) is 1. The van der Waals surface area contributed by atoms with Crippen LogP contribution in [0.4, 0.5) is 0 Å². The summed E-state index contributed by atoms with van der Waals surface area (Å²) >= 11 is 0. The molecule has 1 heterocycles. The smallest absolute Gasteiger partial charge is 0.335 e. The minimum Gasteiger partial charge on any atom is -0.478 e. The molecule has 1 atom stereocenters. The molecule has 1 N–H and O–H groups in total. The van der Waals surface area contributed by atoms with Gasteiger partial charge in [-0.1, -0.05) is 26.0 Å². The first-order valence-electron chi connectivity index (χ1n) is 7.44. The summed E-state index contributed by atoms with van der Waals surface area (Å²) in [5.74, 6) is -0.166. The number of carboxylic acids is 1. The second-order valence-electron chi connectivity index (χ2n) is 5.65. The molecule has 0 aromatic heterocycles. The quantitative estimate of drug-likeness (QED) is 0.908. The molecule has 1 saturated heterocycles. The lowest BCUT2D eigenvalue weighted by atomic mass is 10.0. The van der Waals surface area contributed by atoms with Crippen molar-refractivity contribution < 1.29 is 14.1 Å². The zero-order chi connectivity index (χ0) is 15.5. The van der Waals surface area contributed by atoms with Crippen LogP contribution in [0.5, 0.6) is 0 Å². The van der Waals surface area contributed by atoms with Gasteiger partial charge in [0.25, 0.3) is 0 Å². The first-order valence-corrected chi connectivity index (χ1v) is 8.75. The molecule has 0 aliphatic carbocycles. The van der Waals surface area contributed by atoms with Gasteiger partial charge in [0.15, 0.2) is 0 Å². The Labute approximate surface area is 128 Å². The second-order valence-corrected chi connectivity index (χ2v) is 7.62. The Morgan fingerprint density at radius 1 is 1.29 bits per heavy atom. The lowest BCUT2D eigenvalue weighted by Crippen LogP contribution is -2.52. The fourth-order valence-corrected chi connectivity index (χ4v) is 4.76. The van der Waals surface area contributed by atoms with E-state index in [2.05, 4.69) is 18.7 Å². The van der Waals surface area contributed by atoms with Crippen LogP contribution in [0.25, 0.3) is 0 Å². The summed E-state index contributed by atoms with van der Waals surface area (Å²) in [5.41, 5.74) is 1.42. The molecule has 0 spiro atoms. The van der Waals surface area contributed by atoms with Crippen LogP contribution in [0.1, 0.15) is 42.6 Å². The van der Waals surface area contributed by atoms with Gasteiger partial charge in [0, 0.05) is 36.2 Å². The van der Waals surface area contributed by atoms with Crippen molar-refractivity contribution in [2.24, 2.45) is 0 Å². The molecule has 1 unspecified atom stereocenters. The van der Waals surface area contributed by atoms with Crippen molar-refractivity contribution >= 4 is 16.8 Å². The van der Waals surface area contributed by atoms with E-state index in [9.17, 15) is 9.00 Å². The molecule has 4 nitrogen and oxygen atoms in total. The number of carboxylic acid groups (broad SMARTS) is 1. The Bertz CT molecular complexity index is 523. The summed E-state index contributed by atoms with van der Waals surface area (Å²) in [7, 11) is -0.745. The SMILES string of the molecule is CCC1(CC)CN(Cc2ccc(C(=O)O)cc2)CCS1=O. The molecule has 1 aliphatic rings. The molecular formula is C16H23NO3S. The largest absolute Gasteiger partial charge is 0.478 e. The van der Waals surface area contributed by atoms with Gasteiger partial charge < -0.3 is 5.11 Å². The average molecular weight is 309 g/mol. The number of carbonyl (C=O) groups is 1. The Morgan fingerprint density at radius 3 is 2.43 bits per heavy atom. The highest BCUT2D eigenvalue weighted by Gasteiger charge is 2.38. The minimum atomic E-state index is -0.897. The van der Waals surface area contributed by atoms with Gasteiger partial charge in [-0.2, -0.15) is 0 Å². The number of nitrogens with zero attached hydrogens (tertiary/aromatic N) is 1. The van der Waals surface area contributed by atoms with E-state index in [1.807, 2.05) is 12.1 Å². The molecule has 0 saturated carbocycles. The third kappa shape index (κ3) is 3.52. The highest BCUT2D eigenvalue weighted by molar-refractivity contribution is 7.86. The molecule has 1 aromatic carbocycles. The number of hydrogen-bond acceptors (Lipinski definition) is 3. The fourth-order valence-electron chi connectivity index (χ4n) is 2.93. The van der Waals surface area contributed by atoms with Gasteiger partial charge in [0.1, 0.15) is 0 Å². The lowest BCUT2D eigenvalue weighted by Gasteiger charge is -2.41. The number of aromatic carboxylic acids is 1. The monoisotopic (exact) mass is 309 g/mol. The van der Waals surface area contributed by atoms with Crippen LogP contribution in [0, 0.1) is 0 Å². The third-order valence-electron chi connectivity index (χ3n) is 4.48. The van der Waals surface area contributed by atoms with Gasteiger partial charge in [-0.15, -0.1) is 0 Å².